The number of benzene rings is 3. The van der Waals surface area contributed by atoms with Crippen LogP contribution in [0.25, 0.3) is 11.1 Å². The zero-order valence-electron chi connectivity index (χ0n) is 19.7. The molecule has 15 heteroatoms. The molecule has 0 aliphatic carbocycles. The molecule has 39 heavy (non-hydrogen) atoms. The Morgan fingerprint density at radius 2 is 1.41 bits per heavy atom. The highest BCUT2D eigenvalue weighted by atomic mass is 35.5. The smallest absolute Gasteiger partial charge is 0.406 e. The first kappa shape index (κ1) is 29.1. The van der Waals surface area contributed by atoms with Crippen molar-refractivity contribution in [3.63, 3.8) is 0 Å². The lowest BCUT2D eigenvalue weighted by Crippen LogP contribution is -2.18. The third-order valence-corrected chi connectivity index (χ3v) is 10.3. The number of thiophene rings is 1. The molecular weight excluding hydrogens is 617 g/mol. The predicted octanol–water partition coefficient (Wildman–Crippen LogP) is 7.29. The van der Waals surface area contributed by atoms with E-state index < -0.39 is 32.2 Å². The molecule has 0 radical (unpaired) electrons. The number of sulfonamides is 2. The van der Waals surface area contributed by atoms with E-state index in [1.807, 2.05) is 30.5 Å². The highest BCUT2D eigenvalue weighted by Crippen LogP contribution is 2.35. The Morgan fingerprint density at radius 1 is 0.795 bits per heavy atom. The van der Waals surface area contributed by atoms with Gasteiger partial charge in [0.2, 0.25) is 0 Å². The number of hydrogen-bond acceptors (Lipinski definition) is 7. The second kappa shape index (κ2) is 11.3. The molecule has 0 saturated carbocycles. The van der Waals surface area contributed by atoms with Crippen LogP contribution in [0, 0.1) is 0 Å². The first-order valence-corrected chi connectivity index (χ1v) is 16.1. The van der Waals surface area contributed by atoms with Crippen LogP contribution >= 0.6 is 34.7 Å². The maximum atomic E-state index is 13.2. The van der Waals surface area contributed by atoms with E-state index in [1.165, 1.54) is 24.3 Å². The summed E-state index contributed by atoms with van der Waals surface area (Å²) in [5.41, 5.74) is 1.13. The summed E-state index contributed by atoms with van der Waals surface area (Å²) in [6.07, 6.45) is -3.02. The second-order valence-electron chi connectivity index (χ2n) is 7.78. The molecule has 0 bridgehead atoms. The van der Waals surface area contributed by atoms with Crippen molar-refractivity contribution in [3.8, 4) is 16.9 Å². The Kier molecular flexibility index (Phi) is 8.42. The Bertz CT molecular complexity index is 1690. The van der Waals surface area contributed by atoms with Gasteiger partial charge in [-0.3, -0.25) is 9.44 Å². The molecule has 0 amide bonds. The van der Waals surface area contributed by atoms with Crippen molar-refractivity contribution in [1.82, 2.24) is 0 Å². The molecule has 4 aromatic rings. The molecule has 0 fully saturated rings. The maximum Gasteiger partial charge on any atom is 0.573 e. The van der Waals surface area contributed by atoms with Gasteiger partial charge in [0.15, 0.2) is 0 Å². The average Bonchev–Trinajstić information content (AvgIpc) is 3.31. The molecule has 0 aliphatic heterocycles. The number of anilines is 2. The van der Waals surface area contributed by atoms with Gasteiger partial charge in [0, 0.05) is 4.90 Å². The zero-order valence-corrected chi connectivity index (χ0v) is 23.7. The van der Waals surface area contributed by atoms with Crippen LogP contribution in [-0.2, 0) is 20.0 Å². The zero-order chi connectivity index (χ0) is 28.4. The van der Waals surface area contributed by atoms with E-state index in [0.29, 0.717) is 5.56 Å². The van der Waals surface area contributed by atoms with Crippen molar-refractivity contribution in [2.24, 2.45) is 0 Å². The molecule has 1 aromatic heterocycles. The van der Waals surface area contributed by atoms with Crippen LogP contribution in [0.15, 0.2) is 92.9 Å². The number of thioether (sulfide) groups is 1. The maximum absolute atomic E-state index is 13.2. The minimum atomic E-state index is -4.94. The standard InChI is InChI=1S/C24H18ClF3N2O5S4/c1-36-18-7-2-15(3-8-18)16-4-11-20(29-39(33,34)23-13-12-22(25)37-23)21(14-16)30-38(31,32)19-9-5-17(6-10-19)35-24(26,27)28/h2-14,29-30H,1H3. The van der Waals surface area contributed by atoms with Crippen LogP contribution in [-0.4, -0.2) is 29.5 Å². The monoisotopic (exact) mass is 634 g/mol. The average molecular weight is 635 g/mol. The molecule has 4 rings (SSSR count). The molecule has 0 aliphatic rings. The van der Waals surface area contributed by atoms with Crippen molar-refractivity contribution >= 4 is 66.1 Å². The van der Waals surface area contributed by atoms with Gasteiger partial charge in [-0.25, -0.2) is 16.8 Å². The first-order valence-electron chi connectivity index (χ1n) is 10.7. The lowest BCUT2D eigenvalue weighted by atomic mass is 10.0. The van der Waals surface area contributed by atoms with E-state index in [-0.39, 0.29) is 24.8 Å². The fourth-order valence-electron chi connectivity index (χ4n) is 3.34. The van der Waals surface area contributed by atoms with Crippen molar-refractivity contribution in [3.05, 3.63) is 83.2 Å². The summed E-state index contributed by atoms with van der Waals surface area (Å²) in [5.74, 6) is -0.597. The first-order chi connectivity index (χ1) is 18.3. The van der Waals surface area contributed by atoms with Gasteiger partial charge in [-0.2, -0.15) is 0 Å². The molecule has 2 N–H and O–H groups in total. The van der Waals surface area contributed by atoms with Crippen molar-refractivity contribution in [2.75, 3.05) is 15.7 Å². The lowest BCUT2D eigenvalue weighted by molar-refractivity contribution is -0.274. The lowest BCUT2D eigenvalue weighted by Gasteiger charge is -2.16. The van der Waals surface area contributed by atoms with E-state index in [0.717, 1.165) is 46.1 Å². The highest BCUT2D eigenvalue weighted by molar-refractivity contribution is 7.98. The van der Waals surface area contributed by atoms with Crippen LogP contribution in [0.1, 0.15) is 0 Å². The minimum Gasteiger partial charge on any atom is -0.406 e. The molecule has 0 saturated heterocycles. The van der Waals surface area contributed by atoms with Crippen LogP contribution in [0.3, 0.4) is 0 Å². The molecule has 0 spiro atoms. The van der Waals surface area contributed by atoms with Gasteiger partial charge in [0.1, 0.15) is 9.96 Å². The SMILES string of the molecule is CSc1ccc(-c2ccc(NS(=O)(=O)c3ccc(Cl)s3)c(NS(=O)(=O)c3ccc(OC(F)(F)F)cc3)c2)cc1. The van der Waals surface area contributed by atoms with E-state index in [4.69, 9.17) is 11.6 Å². The molecule has 206 valence electrons. The Labute approximate surface area is 236 Å². The highest BCUT2D eigenvalue weighted by Gasteiger charge is 2.31. The number of alkyl halides is 3. The Morgan fingerprint density at radius 3 is 1.97 bits per heavy atom. The third-order valence-electron chi connectivity index (χ3n) is 5.11. The Hall–Kier alpha value is -2.91. The third kappa shape index (κ3) is 7.39. The van der Waals surface area contributed by atoms with Gasteiger partial charge in [-0.1, -0.05) is 29.8 Å². The summed E-state index contributed by atoms with van der Waals surface area (Å²) in [5, 5.41) is 0. The van der Waals surface area contributed by atoms with Gasteiger partial charge in [-0.15, -0.1) is 36.3 Å². The van der Waals surface area contributed by atoms with Gasteiger partial charge in [-0.05, 0) is 78.0 Å². The number of nitrogens with one attached hydrogen (secondary N) is 2. The number of hydrogen-bond donors (Lipinski definition) is 2. The molecule has 3 aromatic carbocycles. The van der Waals surface area contributed by atoms with E-state index in [9.17, 15) is 30.0 Å². The topological polar surface area (TPSA) is 102 Å². The van der Waals surface area contributed by atoms with Crippen LogP contribution in [0.5, 0.6) is 5.75 Å². The summed E-state index contributed by atoms with van der Waals surface area (Å²) >= 11 is 8.24. The second-order valence-corrected chi connectivity index (χ2v) is 14.0. The van der Waals surface area contributed by atoms with E-state index in [1.54, 1.807) is 17.8 Å². The Balaban J connectivity index is 1.72. The summed E-state index contributed by atoms with van der Waals surface area (Å²) in [4.78, 5) is 0.641. The number of halogens is 4. The molecule has 0 unspecified atom stereocenters. The van der Waals surface area contributed by atoms with Crippen molar-refractivity contribution in [1.29, 1.82) is 0 Å². The van der Waals surface area contributed by atoms with Crippen LogP contribution in [0.2, 0.25) is 4.34 Å². The number of rotatable bonds is 9. The van der Waals surface area contributed by atoms with Gasteiger partial charge in [0.05, 0.1) is 20.6 Å². The number of ether oxygens (including phenoxy) is 1. The van der Waals surface area contributed by atoms with Gasteiger partial charge in [0.25, 0.3) is 20.0 Å². The molecule has 1 heterocycles. The fraction of sp³-hybridized carbons (Fsp3) is 0.0833. The summed E-state index contributed by atoms with van der Waals surface area (Å²) < 4.78 is 98.2. The molecule has 7 nitrogen and oxygen atoms in total. The molecular formula is C24H18ClF3N2O5S4. The minimum absolute atomic E-state index is 0.0791. The van der Waals surface area contributed by atoms with E-state index in [2.05, 4.69) is 14.2 Å². The summed E-state index contributed by atoms with van der Waals surface area (Å²) in [7, 11) is -8.49. The van der Waals surface area contributed by atoms with Crippen LogP contribution < -0.4 is 14.2 Å². The predicted molar refractivity (Wildman–Crippen MR) is 148 cm³/mol. The van der Waals surface area contributed by atoms with Crippen molar-refractivity contribution < 1.29 is 34.7 Å². The quantitative estimate of drug-likeness (QED) is 0.188. The van der Waals surface area contributed by atoms with Crippen LogP contribution in [0.4, 0.5) is 24.5 Å². The van der Waals surface area contributed by atoms with E-state index >= 15 is 0 Å². The van der Waals surface area contributed by atoms with Crippen molar-refractivity contribution in [2.45, 2.75) is 20.4 Å². The summed E-state index contributed by atoms with van der Waals surface area (Å²) in [6, 6.07) is 18.2. The largest absolute Gasteiger partial charge is 0.573 e. The summed E-state index contributed by atoms with van der Waals surface area (Å²) in [6.45, 7) is 0. The fourth-order valence-corrected chi connectivity index (χ4v) is 7.38. The van der Waals surface area contributed by atoms with Gasteiger partial charge >= 0.3 is 6.36 Å². The normalized spacial score (nSPS) is 12.2. The molecule has 0 atom stereocenters. The van der Waals surface area contributed by atoms with Gasteiger partial charge < -0.3 is 4.74 Å².